The van der Waals surface area contributed by atoms with Crippen LogP contribution < -0.4 is 4.52 Å². The molecular formula is C22H26NO6P. The van der Waals surface area contributed by atoms with Crippen LogP contribution in [0.4, 0.5) is 0 Å². The molecule has 1 aliphatic rings. The van der Waals surface area contributed by atoms with Crippen molar-refractivity contribution in [3.8, 4) is 5.75 Å². The van der Waals surface area contributed by atoms with Crippen LogP contribution in [0.3, 0.4) is 0 Å². The molecule has 0 aliphatic carbocycles. The van der Waals surface area contributed by atoms with Gasteiger partial charge < -0.3 is 13.8 Å². The Morgan fingerprint density at radius 2 is 1.87 bits per heavy atom. The molecule has 0 aromatic heterocycles. The molecule has 1 fully saturated rings. The summed E-state index contributed by atoms with van der Waals surface area (Å²) in [6.45, 7) is 2.52. The Bertz CT molecular complexity index is 829. The maximum Gasteiger partial charge on any atom is 0.332 e. The smallest absolute Gasteiger partial charge is 0.332 e. The van der Waals surface area contributed by atoms with Crippen LogP contribution in [0.15, 0.2) is 54.6 Å². The van der Waals surface area contributed by atoms with Gasteiger partial charge in [-0.2, -0.15) is 0 Å². The molecule has 3 rings (SSSR count). The number of carbonyl (C=O) groups excluding carboxylic acids is 2. The summed E-state index contributed by atoms with van der Waals surface area (Å²) >= 11 is 0. The van der Waals surface area contributed by atoms with Crippen LogP contribution in [0.2, 0.25) is 0 Å². The van der Waals surface area contributed by atoms with E-state index in [-0.39, 0.29) is 12.5 Å². The van der Waals surface area contributed by atoms with Gasteiger partial charge in [0, 0.05) is 6.54 Å². The van der Waals surface area contributed by atoms with Crippen molar-refractivity contribution < 1.29 is 28.2 Å². The number of ether oxygens (including phenoxy) is 1. The molecule has 2 aromatic carbocycles. The molecule has 1 heterocycles. The Morgan fingerprint density at radius 1 is 1.13 bits per heavy atom. The molecule has 8 heteroatoms. The number of nitrogens with zero attached hydrogens (tertiary/aromatic N) is 1. The van der Waals surface area contributed by atoms with Crippen molar-refractivity contribution in [1.29, 1.82) is 0 Å². The molecule has 1 aliphatic heterocycles. The lowest BCUT2D eigenvalue weighted by molar-refractivity contribution is -0.196. The van der Waals surface area contributed by atoms with E-state index in [1.54, 1.807) is 0 Å². The van der Waals surface area contributed by atoms with E-state index in [0.717, 1.165) is 17.5 Å². The van der Waals surface area contributed by atoms with Gasteiger partial charge in [0.2, 0.25) is 8.38 Å². The zero-order chi connectivity index (χ0) is 21.3. The zero-order valence-electron chi connectivity index (χ0n) is 17.2. The molecule has 0 saturated carbocycles. The van der Waals surface area contributed by atoms with Crippen molar-refractivity contribution in [3.05, 3.63) is 65.7 Å². The molecule has 2 unspecified atom stereocenters. The van der Waals surface area contributed by atoms with E-state index in [1.165, 1.54) is 12.2 Å². The summed E-state index contributed by atoms with van der Waals surface area (Å²) in [5.74, 6) is -0.123. The number of aryl methyl sites for hydroxylation is 1. The van der Waals surface area contributed by atoms with Gasteiger partial charge in [-0.05, 0) is 37.5 Å². The number of rotatable bonds is 9. The third-order valence-electron chi connectivity index (χ3n) is 4.61. The first-order valence-electron chi connectivity index (χ1n) is 9.78. The first-order chi connectivity index (χ1) is 14.6. The van der Waals surface area contributed by atoms with E-state index in [4.69, 9.17) is 13.9 Å². The summed E-state index contributed by atoms with van der Waals surface area (Å²) in [5.41, 5.74) is 1.54. The number of hydroxylamine groups is 2. The largest absolute Gasteiger partial charge is 0.467 e. The van der Waals surface area contributed by atoms with Gasteiger partial charge in [-0.25, -0.2) is 9.86 Å². The van der Waals surface area contributed by atoms with Crippen LogP contribution in [0.25, 0.3) is 0 Å². The summed E-state index contributed by atoms with van der Waals surface area (Å²) in [7, 11) is -0.415. The van der Waals surface area contributed by atoms with E-state index >= 15 is 0 Å². The highest BCUT2D eigenvalue weighted by molar-refractivity contribution is 7.49. The average molecular weight is 431 g/mol. The Labute approximate surface area is 177 Å². The summed E-state index contributed by atoms with van der Waals surface area (Å²) in [6.07, 6.45) is 1.35. The second-order valence-electron chi connectivity index (χ2n) is 6.90. The zero-order valence-corrected chi connectivity index (χ0v) is 18.0. The second-order valence-corrected chi connectivity index (χ2v) is 8.53. The monoisotopic (exact) mass is 431 g/mol. The Balaban J connectivity index is 1.68. The third-order valence-corrected chi connectivity index (χ3v) is 6.37. The van der Waals surface area contributed by atoms with Crippen molar-refractivity contribution in [3.63, 3.8) is 0 Å². The molecule has 1 saturated heterocycles. The maximum atomic E-state index is 13.1. The number of hydrogen-bond acceptors (Lipinski definition) is 6. The summed E-state index contributed by atoms with van der Waals surface area (Å²) in [5, 5.41) is 1.39. The molecular weight excluding hydrogens is 405 g/mol. The second kappa shape index (κ2) is 11.1. The molecule has 0 radical (unpaired) electrons. The molecule has 0 spiro atoms. The molecule has 2 atom stereocenters. The van der Waals surface area contributed by atoms with Crippen LogP contribution >= 0.6 is 8.38 Å². The fraction of sp³-hybridized carbons (Fsp3) is 0.364. The quantitative estimate of drug-likeness (QED) is 0.441. The highest BCUT2D eigenvalue weighted by Gasteiger charge is 2.39. The van der Waals surface area contributed by atoms with E-state index in [1.807, 2.05) is 61.5 Å². The van der Waals surface area contributed by atoms with E-state index < -0.39 is 20.0 Å². The van der Waals surface area contributed by atoms with E-state index in [0.29, 0.717) is 25.3 Å². The molecule has 1 amide bonds. The average Bonchev–Trinajstić information content (AvgIpc) is 2.78. The van der Waals surface area contributed by atoms with Gasteiger partial charge in [-0.15, -0.1) is 0 Å². The van der Waals surface area contributed by atoms with Gasteiger partial charge in [0.25, 0.3) is 5.91 Å². The number of hydrogen-bond donors (Lipinski definition) is 0. The van der Waals surface area contributed by atoms with Gasteiger partial charge in [-0.3, -0.25) is 9.63 Å². The third kappa shape index (κ3) is 6.26. The fourth-order valence-corrected chi connectivity index (χ4v) is 4.56. The van der Waals surface area contributed by atoms with Crippen molar-refractivity contribution >= 4 is 20.3 Å². The lowest BCUT2D eigenvalue weighted by Gasteiger charge is -2.34. The Kier molecular flexibility index (Phi) is 8.20. The molecule has 160 valence electrons. The van der Waals surface area contributed by atoms with Crippen molar-refractivity contribution in [2.45, 2.75) is 32.0 Å². The van der Waals surface area contributed by atoms with E-state index in [2.05, 4.69) is 4.74 Å². The summed E-state index contributed by atoms with van der Waals surface area (Å²) in [4.78, 5) is 30.4. The molecule has 0 bridgehead atoms. The predicted molar refractivity (Wildman–Crippen MR) is 113 cm³/mol. The van der Waals surface area contributed by atoms with Crippen LogP contribution in [-0.2, 0) is 30.3 Å². The lowest BCUT2D eigenvalue weighted by Crippen LogP contribution is -2.44. The van der Waals surface area contributed by atoms with Crippen LogP contribution in [0.5, 0.6) is 5.75 Å². The first-order valence-corrected chi connectivity index (χ1v) is 11.0. The van der Waals surface area contributed by atoms with Crippen LogP contribution in [-0.4, -0.2) is 42.9 Å². The Morgan fingerprint density at radius 3 is 2.57 bits per heavy atom. The maximum absolute atomic E-state index is 13.1. The minimum absolute atomic E-state index is 0.194. The highest BCUT2D eigenvalue weighted by atomic mass is 31.2. The Hall–Kier alpha value is -2.47. The summed E-state index contributed by atoms with van der Waals surface area (Å²) in [6, 6.07) is 17.1. The van der Waals surface area contributed by atoms with Gasteiger partial charge >= 0.3 is 5.97 Å². The number of carbonyl (C=O) groups is 2. The number of methoxy groups -OCH3 is 1. The van der Waals surface area contributed by atoms with Gasteiger partial charge in [0.05, 0.1) is 7.11 Å². The standard InChI is InChI=1S/C22H26NO6P/c1-17-10-12-19(13-11-17)29-30(28-16-21(24)26-2)20-9-6-14-23(22(20)25)27-15-18-7-4-3-5-8-18/h3-5,7-8,10-13,20H,6,9,14-16H2,1-2H3. The van der Waals surface area contributed by atoms with Crippen molar-refractivity contribution in [1.82, 2.24) is 5.06 Å². The number of piperidine rings is 1. The SMILES string of the molecule is COC(=O)COP(Oc1ccc(C)cc1)C1CCCN(OCc2ccccc2)C1=O. The molecule has 2 aromatic rings. The van der Waals surface area contributed by atoms with Gasteiger partial charge in [0.1, 0.15) is 18.0 Å². The van der Waals surface area contributed by atoms with Gasteiger partial charge in [-0.1, -0.05) is 48.0 Å². The topological polar surface area (TPSA) is 74.3 Å². The van der Waals surface area contributed by atoms with Crippen molar-refractivity contribution in [2.75, 3.05) is 20.3 Å². The minimum Gasteiger partial charge on any atom is -0.467 e. The fourth-order valence-electron chi connectivity index (χ4n) is 2.94. The number of esters is 1. The lowest BCUT2D eigenvalue weighted by atomic mass is 10.1. The number of amides is 1. The minimum atomic E-state index is -1.71. The van der Waals surface area contributed by atoms with Gasteiger partial charge in [0.15, 0.2) is 6.61 Å². The number of benzene rings is 2. The summed E-state index contributed by atoms with van der Waals surface area (Å²) < 4.78 is 16.4. The molecule has 30 heavy (non-hydrogen) atoms. The van der Waals surface area contributed by atoms with E-state index in [9.17, 15) is 9.59 Å². The van der Waals surface area contributed by atoms with Crippen molar-refractivity contribution in [2.24, 2.45) is 0 Å². The molecule has 0 N–H and O–H groups in total. The normalized spacial score (nSPS) is 17.5. The molecule has 7 nitrogen and oxygen atoms in total. The van der Waals surface area contributed by atoms with Crippen LogP contribution in [0.1, 0.15) is 24.0 Å². The highest BCUT2D eigenvalue weighted by Crippen LogP contribution is 2.48. The first kappa shape index (κ1) is 22.2. The predicted octanol–water partition coefficient (Wildman–Crippen LogP) is 4.00. The van der Waals surface area contributed by atoms with Crippen LogP contribution in [0, 0.1) is 6.92 Å².